The highest BCUT2D eigenvalue weighted by atomic mass is 16.5. The molecule has 0 radical (unpaired) electrons. The zero-order valence-corrected chi connectivity index (χ0v) is 12.4. The summed E-state index contributed by atoms with van der Waals surface area (Å²) in [6, 6.07) is 6.25. The molecule has 1 aliphatic heterocycles. The summed E-state index contributed by atoms with van der Waals surface area (Å²) in [4.78, 5) is 0. The Bertz CT molecular complexity index is 434. The van der Waals surface area contributed by atoms with Gasteiger partial charge in [0.15, 0.2) is 0 Å². The maximum Gasteiger partial charge on any atom is 0.125 e. The van der Waals surface area contributed by atoms with Gasteiger partial charge in [-0.1, -0.05) is 26.0 Å². The highest BCUT2D eigenvalue weighted by molar-refractivity contribution is 5.43. The molecule has 106 valence electrons. The van der Waals surface area contributed by atoms with Crippen molar-refractivity contribution in [1.29, 1.82) is 0 Å². The number of nitrogens with one attached hydrogen (secondary N) is 1. The summed E-state index contributed by atoms with van der Waals surface area (Å²) in [5, 5.41) is 14.3. The molecule has 2 rings (SSSR count). The van der Waals surface area contributed by atoms with Crippen molar-refractivity contribution in [3.05, 3.63) is 29.3 Å². The van der Waals surface area contributed by atoms with E-state index in [-0.39, 0.29) is 6.04 Å². The van der Waals surface area contributed by atoms with Crippen LogP contribution in [0.25, 0.3) is 0 Å². The number of hydrogen-bond acceptors (Lipinski definition) is 3. The second-order valence-corrected chi connectivity index (χ2v) is 5.91. The van der Waals surface area contributed by atoms with Gasteiger partial charge in [-0.25, -0.2) is 0 Å². The molecular formula is C16H25NO2. The van der Waals surface area contributed by atoms with Crippen LogP contribution >= 0.6 is 0 Å². The molecule has 0 saturated carbocycles. The summed E-state index contributed by atoms with van der Waals surface area (Å²) in [7, 11) is 1.67. The molecular weight excluding hydrogens is 238 g/mol. The van der Waals surface area contributed by atoms with Crippen molar-refractivity contribution in [3.63, 3.8) is 0 Å². The lowest BCUT2D eigenvalue weighted by molar-refractivity contribution is 0.0196. The van der Waals surface area contributed by atoms with Gasteiger partial charge in [-0.15, -0.1) is 0 Å². The molecule has 3 heteroatoms. The third kappa shape index (κ3) is 2.77. The number of aliphatic hydroxyl groups is 1. The van der Waals surface area contributed by atoms with Gasteiger partial charge < -0.3 is 15.2 Å². The maximum absolute atomic E-state index is 10.9. The van der Waals surface area contributed by atoms with Crippen molar-refractivity contribution >= 4 is 0 Å². The van der Waals surface area contributed by atoms with Gasteiger partial charge in [0.1, 0.15) is 11.4 Å². The monoisotopic (exact) mass is 263 g/mol. The van der Waals surface area contributed by atoms with Gasteiger partial charge >= 0.3 is 0 Å². The van der Waals surface area contributed by atoms with E-state index in [0.29, 0.717) is 5.92 Å². The van der Waals surface area contributed by atoms with Crippen molar-refractivity contribution in [2.45, 2.75) is 51.2 Å². The van der Waals surface area contributed by atoms with Crippen LogP contribution in [0.5, 0.6) is 5.75 Å². The van der Waals surface area contributed by atoms with Crippen LogP contribution < -0.4 is 10.1 Å². The number of benzene rings is 1. The van der Waals surface area contributed by atoms with E-state index < -0.39 is 5.60 Å². The summed E-state index contributed by atoms with van der Waals surface area (Å²) < 4.78 is 5.49. The van der Waals surface area contributed by atoms with Crippen LogP contribution in [0.4, 0.5) is 0 Å². The summed E-state index contributed by atoms with van der Waals surface area (Å²) in [6.07, 6.45) is 2.12. The van der Waals surface area contributed by atoms with E-state index in [1.807, 2.05) is 19.1 Å². The van der Waals surface area contributed by atoms with Crippen LogP contribution in [0, 0.1) is 0 Å². The zero-order valence-electron chi connectivity index (χ0n) is 12.4. The average molecular weight is 263 g/mol. The van der Waals surface area contributed by atoms with Gasteiger partial charge in [-0.3, -0.25) is 0 Å². The van der Waals surface area contributed by atoms with E-state index in [9.17, 15) is 5.11 Å². The molecule has 1 aliphatic rings. The molecule has 0 spiro atoms. The minimum Gasteiger partial charge on any atom is -0.496 e. The Labute approximate surface area is 116 Å². The summed E-state index contributed by atoms with van der Waals surface area (Å²) in [5.41, 5.74) is 1.21. The van der Waals surface area contributed by atoms with Crippen molar-refractivity contribution in [1.82, 2.24) is 5.32 Å². The van der Waals surface area contributed by atoms with Gasteiger partial charge in [0.2, 0.25) is 0 Å². The van der Waals surface area contributed by atoms with Crippen molar-refractivity contribution < 1.29 is 9.84 Å². The average Bonchev–Trinajstić information content (AvgIpc) is 2.92. The third-order valence-electron chi connectivity index (χ3n) is 4.18. The van der Waals surface area contributed by atoms with E-state index >= 15 is 0 Å². The molecule has 2 N–H and O–H groups in total. The highest BCUT2D eigenvalue weighted by Crippen LogP contribution is 2.36. The number of rotatable bonds is 4. The molecule has 0 amide bonds. The van der Waals surface area contributed by atoms with E-state index in [1.165, 1.54) is 5.56 Å². The lowest BCUT2D eigenvalue weighted by Gasteiger charge is -2.32. The van der Waals surface area contributed by atoms with E-state index in [1.54, 1.807) is 7.11 Å². The first kappa shape index (κ1) is 14.4. The van der Waals surface area contributed by atoms with Crippen LogP contribution in [-0.2, 0) is 5.60 Å². The van der Waals surface area contributed by atoms with Gasteiger partial charge in [0, 0.05) is 11.6 Å². The van der Waals surface area contributed by atoms with Crippen LogP contribution in [0.1, 0.15) is 50.7 Å². The van der Waals surface area contributed by atoms with Gasteiger partial charge in [-0.2, -0.15) is 0 Å². The van der Waals surface area contributed by atoms with Crippen LogP contribution in [0.2, 0.25) is 0 Å². The Morgan fingerprint density at radius 2 is 2.16 bits per heavy atom. The maximum atomic E-state index is 10.9. The first-order valence-corrected chi connectivity index (χ1v) is 7.11. The normalized spacial score (nSPS) is 22.5. The standard InChI is InChI=1S/C16H25NO2/c1-11(2)12-7-8-13(14(10-12)19-4)16(3,18)15-6-5-9-17-15/h7-8,10-11,15,17-18H,5-6,9H2,1-4H3. The second-order valence-electron chi connectivity index (χ2n) is 5.91. The fourth-order valence-corrected chi connectivity index (χ4v) is 2.84. The molecule has 0 aromatic heterocycles. The molecule has 2 unspecified atom stereocenters. The molecule has 1 aromatic carbocycles. The lowest BCUT2D eigenvalue weighted by atomic mass is 9.85. The fourth-order valence-electron chi connectivity index (χ4n) is 2.84. The van der Waals surface area contributed by atoms with Crippen molar-refractivity contribution in [3.8, 4) is 5.75 Å². The van der Waals surface area contributed by atoms with Crippen LogP contribution in [0.3, 0.4) is 0 Å². The van der Waals surface area contributed by atoms with Gasteiger partial charge in [0.25, 0.3) is 0 Å². The summed E-state index contributed by atoms with van der Waals surface area (Å²) in [6.45, 7) is 7.17. The Morgan fingerprint density at radius 3 is 2.68 bits per heavy atom. The summed E-state index contributed by atoms with van der Waals surface area (Å²) in [5.74, 6) is 1.24. The molecule has 0 bridgehead atoms. The Kier molecular flexibility index (Phi) is 4.16. The third-order valence-corrected chi connectivity index (χ3v) is 4.18. The molecule has 1 saturated heterocycles. The van der Waals surface area contributed by atoms with Crippen molar-refractivity contribution in [2.24, 2.45) is 0 Å². The largest absolute Gasteiger partial charge is 0.496 e. The molecule has 1 aromatic rings. The Balaban J connectivity index is 2.37. The molecule has 0 aliphatic carbocycles. The van der Waals surface area contributed by atoms with E-state index in [0.717, 1.165) is 30.7 Å². The van der Waals surface area contributed by atoms with Gasteiger partial charge in [-0.05, 0) is 43.9 Å². The molecule has 2 atom stereocenters. The van der Waals surface area contributed by atoms with Gasteiger partial charge in [0.05, 0.1) is 7.11 Å². The lowest BCUT2D eigenvalue weighted by Crippen LogP contribution is -2.43. The minimum atomic E-state index is -0.892. The zero-order chi connectivity index (χ0) is 14.0. The first-order chi connectivity index (χ1) is 8.96. The second kappa shape index (κ2) is 5.51. The van der Waals surface area contributed by atoms with Crippen LogP contribution in [0.15, 0.2) is 18.2 Å². The predicted octanol–water partition coefficient (Wildman–Crippen LogP) is 2.78. The van der Waals surface area contributed by atoms with Crippen molar-refractivity contribution in [2.75, 3.05) is 13.7 Å². The summed E-state index contributed by atoms with van der Waals surface area (Å²) >= 11 is 0. The molecule has 1 fully saturated rings. The molecule has 3 nitrogen and oxygen atoms in total. The predicted molar refractivity (Wildman–Crippen MR) is 77.7 cm³/mol. The SMILES string of the molecule is COc1cc(C(C)C)ccc1C(C)(O)C1CCCN1. The molecule has 1 heterocycles. The Morgan fingerprint density at radius 1 is 1.42 bits per heavy atom. The number of ether oxygens (including phenoxy) is 1. The van der Waals surface area contributed by atoms with E-state index in [2.05, 4.69) is 25.2 Å². The fraction of sp³-hybridized carbons (Fsp3) is 0.625. The molecule has 19 heavy (non-hydrogen) atoms. The smallest absolute Gasteiger partial charge is 0.125 e. The van der Waals surface area contributed by atoms with E-state index in [4.69, 9.17) is 4.74 Å². The first-order valence-electron chi connectivity index (χ1n) is 7.11. The highest BCUT2D eigenvalue weighted by Gasteiger charge is 2.37. The van der Waals surface area contributed by atoms with Crippen LogP contribution in [-0.4, -0.2) is 24.8 Å². The quantitative estimate of drug-likeness (QED) is 0.877. The minimum absolute atomic E-state index is 0.103. The Hall–Kier alpha value is -1.06. The topological polar surface area (TPSA) is 41.5 Å². The number of hydrogen-bond donors (Lipinski definition) is 2. The number of methoxy groups -OCH3 is 1.